The highest BCUT2D eigenvalue weighted by atomic mass is 16.5. The first-order valence-electron chi connectivity index (χ1n) is 14.4. The van der Waals surface area contributed by atoms with Gasteiger partial charge < -0.3 is 20.3 Å². The van der Waals surface area contributed by atoms with Crippen LogP contribution in [-0.2, 0) is 29.6 Å². The summed E-state index contributed by atoms with van der Waals surface area (Å²) in [5.74, 6) is 0.740. The van der Waals surface area contributed by atoms with Gasteiger partial charge >= 0.3 is 0 Å². The molecule has 2 N–H and O–H groups in total. The Morgan fingerprint density at radius 1 is 0.905 bits per heavy atom. The Bertz CT molecular complexity index is 1570. The molecule has 1 aliphatic rings. The Hall–Kier alpha value is -4.58. The van der Waals surface area contributed by atoms with Crippen LogP contribution in [0.3, 0.4) is 0 Å². The van der Waals surface area contributed by atoms with Gasteiger partial charge in [-0.15, -0.1) is 0 Å². The molecule has 0 saturated carbocycles. The molecule has 1 heterocycles. The Kier molecular flexibility index (Phi) is 8.34. The van der Waals surface area contributed by atoms with Gasteiger partial charge in [0, 0.05) is 24.8 Å². The molecule has 0 bridgehead atoms. The molecule has 4 aromatic carbocycles. The highest BCUT2D eigenvalue weighted by Gasteiger charge is 2.33. The lowest BCUT2D eigenvalue weighted by Crippen LogP contribution is -2.42. The lowest BCUT2D eigenvalue weighted by atomic mass is 9.86. The van der Waals surface area contributed by atoms with Crippen LogP contribution in [0.5, 0.6) is 5.75 Å². The number of nitrogens with one attached hydrogen (secondary N) is 2. The number of benzene rings is 4. The number of fused-ring (bicyclic) bond motifs is 1. The van der Waals surface area contributed by atoms with Gasteiger partial charge in [0.15, 0.2) is 0 Å². The number of nitrogens with zero attached hydrogens (tertiary/aromatic N) is 1. The van der Waals surface area contributed by atoms with Gasteiger partial charge in [0.2, 0.25) is 5.91 Å². The maximum absolute atomic E-state index is 13.9. The normalized spacial score (nSPS) is 14.6. The van der Waals surface area contributed by atoms with Crippen molar-refractivity contribution >= 4 is 23.2 Å². The second kappa shape index (κ2) is 12.1. The molecule has 6 nitrogen and oxygen atoms in total. The molecule has 1 unspecified atom stereocenters. The number of amides is 2. The highest BCUT2D eigenvalue weighted by Crippen LogP contribution is 2.36. The zero-order valence-corrected chi connectivity index (χ0v) is 25.0. The molecule has 1 aliphatic heterocycles. The van der Waals surface area contributed by atoms with Crippen molar-refractivity contribution in [2.24, 2.45) is 0 Å². The predicted octanol–water partition coefficient (Wildman–Crippen LogP) is 7.50. The van der Waals surface area contributed by atoms with Crippen molar-refractivity contribution in [3.05, 3.63) is 124 Å². The molecule has 216 valence electrons. The van der Waals surface area contributed by atoms with E-state index in [9.17, 15) is 9.59 Å². The summed E-state index contributed by atoms with van der Waals surface area (Å²) in [6, 6.07) is 30.4. The van der Waals surface area contributed by atoms with Crippen LogP contribution >= 0.6 is 0 Å². The van der Waals surface area contributed by atoms with Crippen molar-refractivity contribution in [1.29, 1.82) is 0 Å². The Morgan fingerprint density at radius 3 is 2.26 bits per heavy atom. The summed E-state index contributed by atoms with van der Waals surface area (Å²) in [6.07, 6.45) is 1.24. The molecule has 2 amide bonds. The standard InChI is InChI=1S/C36H39N3O3/c1-24(40)37-30-19-13-25(14-20-30)10-15-27-22-28(16-21-33(27)42-5)34-38-32-9-7-6-8-31(32)35(41)39(34)23-26-11-17-29(18-12-26)36(2,3)4/h6-9,11-14,16-22,34,38H,10,15,23H2,1-5H3,(H,37,40). The summed E-state index contributed by atoms with van der Waals surface area (Å²) in [6.45, 7) is 8.60. The lowest BCUT2D eigenvalue weighted by Gasteiger charge is -2.38. The zero-order chi connectivity index (χ0) is 29.9. The molecule has 5 rings (SSSR count). The number of methoxy groups -OCH3 is 1. The third-order valence-electron chi connectivity index (χ3n) is 7.77. The third-order valence-corrected chi connectivity index (χ3v) is 7.77. The maximum Gasteiger partial charge on any atom is 0.258 e. The average Bonchev–Trinajstić information content (AvgIpc) is 2.97. The fraction of sp³-hybridized carbons (Fsp3) is 0.278. The number of hydrogen-bond acceptors (Lipinski definition) is 4. The van der Waals surface area contributed by atoms with Crippen LogP contribution < -0.4 is 15.4 Å². The predicted molar refractivity (Wildman–Crippen MR) is 169 cm³/mol. The van der Waals surface area contributed by atoms with E-state index in [4.69, 9.17) is 4.74 Å². The van der Waals surface area contributed by atoms with Crippen LogP contribution in [0.15, 0.2) is 91.0 Å². The Balaban J connectivity index is 1.43. The first-order chi connectivity index (χ1) is 20.1. The zero-order valence-electron chi connectivity index (χ0n) is 25.0. The smallest absolute Gasteiger partial charge is 0.258 e. The number of hydrogen-bond donors (Lipinski definition) is 2. The minimum absolute atomic E-state index is 0.00544. The largest absolute Gasteiger partial charge is 0.496 e. The monoisotopic (exact) mass is 561 g/mol. The number of anilines is 2. The summed E-state index contributed by atoms with van der Waals surface area (Å²) in [7, 11) is 1.69. The first-order valence-corrected chi connectivity index (χ1v) is 14.4. The third kappa shape index (κ3) is 6.49. The van der Waals surface area contributed by atoms with Gasteiger partial charge in [0.25, 0.3) is 5.91 Å². The van der Waals surface area contributed by atoms with E-state index in [1.165, 1.54) is 12.5 Å². The van der Waals surface area contributed by atoms with Gasteiger partial charge in [0.05, 0.1) is 12.7 Å². The van der Waals surface area contributed by atoms with Crippen LogP contribution in [0.1, 0.15) is 72.0 Å². The molecule has 0 radical (unpaired) electrons. The topological polar surface area (TPSA) is 70.7 Å². The van der Waals surface area contributed by atoms with Crippen molar-refractivity contribution in [1.82, 2.24) is 4.90 Å². The molecule has 0 aliphatic carbocycles. The van der Waals surface area contributed by atoms with Crippen LogP contribution in [-0.4, -0.2) is 23.8 Å². The molecule has 0 spiro atoms. The summed E-state index contributed by atoms with van der Waals surface area (Å²) in [4.78, 5) is 27.1. The minimum atomic E-state index is -0.337. The van der Waals surface area contributed by atoms with Gasteiger partial charge in [-0.3, -0.25) is 9.59 Å². The molecule has 0 aromatic heterocycles. The second-order valence-corrected chi connectivity index (χ2v) is 11.9. The Labute approximate surface area is 248 Å². The summed E-state index contributed by atoms with van der Waals surface area (Å²) in [5, 5.41) is 6.45. The molecule has 6 heteroatoms. The SMILES string of the molecule is COc1ccc(C2Nc3ccccc3C(=O)N2Cc2ccc(C(C)(C)C)cc2)cc1CCc1ccc(NC(C)=O)cc1. The number of aryl methyl sites for hydroxylation is 2. The molecular weight excluding hydrogens is 522 g/mol. The fourth-order valence-corrected chi connectivity index (χ4v) is 5.43. The quantitative estimate of drug-likeness (QED) is 0.234. The van der Waals surface area contributed by atoms with Gasteiger partial charge in [-0.1, -0.05) is 75.4 Å². The van der Waals surface area contributed by atoms with Gasteiger partial charge in [-0.05, 0) is 82.5 Å². The van der Waals surface area contributed by atoms with Gasteiger partial charge in [0.1, 0.15) is 11.9 Å². The van der Waals surface area contributed by atoms with Gasteiger partial charge in [-0.2, -0.15) is 0 Å². The molecular formula is C36H39N3O3. The van der Waals surface area contributed by atoms with E-state index in [0.29, 0.717) is 12.1 Å². The molecule has 1 atom stereocenters. The maximum atomic E-state index is 13.9. The van der Waals surface area contributed by atoms with Crippen LogP contribution in [0.4, 0.5) is 11.4 Å². The van der Waals surface area contributed by atoms with Crippen molar-refractivity contribution in [2.45, 2.75) is 58.7 Å². The summed E-state index contributed by atoms with van der Waals surface area (Å²) in [5.41, 5.74) is 7.95. The highest BCUT2D eigenvalue weighted by molar-refractivity contribution is 6.01. The van der Waals surface area contributed by atoms with E-state index in [0.717, 1.165) is 52.2 Å². The fourth-order valence-electron chi connectivity index (χ4n) is 5.43. The first kappa shape index (κ1) is 28.9. The number of carbonyl (C=O) groups is 2. The van der Waals surface area contributed by atoms with Crippen LogP contribution in [0.25, 0.3) is 0 Å². The van der Waals surface area contributed by atoms with Crippen LogP contribution in [0, 0.1) is 0 Å². The molecule has 42 heavy (non-hydrogen) atoms. The number of para-hydroxylation sites is 1. The summed E-state index contributed by atoms with van der Waals surface area (Å²) < 4.78 is 5.73. The molecule has 0 saturated heterocycles. The van der Waals surface area contributed by atoms with Crippen molar-refractivity contribution in [3.8, 4) is 5.75 Å². The number of carbonyl (C=O) groups excluding carboxylic acids is 2. The van der Waals surface area contributed by atoms with E-state index in [-0.39, 0.29) is 23.4 Å². The average molecular weight is 562 g/mol. The molecule has 0 fully saturated rings. The lowest BCUT2D eigenvalue weighted by molar-refractivity contribution is -0.114. The van der Waals surface area contributed by atoms with Crippen molar-refractivity contribution in [3.63, 3.8) is 0 Å². The number of ether oxygens (including phenoxy) is 1. The van der Waals surface area contributed by atoms with E-state index in [1.54, 1.807) is 7.11 Å². The number of rotatable bonds is 8. The van der Waals surface area contributed by atoms with Crippen molar-refractivity contribution < 1.29 is 14.3 Å². The summed E-state index contributed by atoms with van der Waals surface area (Å²) >= 11 is 0. The minimum Gasteiger partial charge on any atom is -0.496 e. The van der Waals surface area contributed by atoms with E-state index in [1.807, 2.05) is 65.6 Å². The Morgan fingerprint density at radius 2 is 1.60 bits per heavy atom. The van der Waals surface area contributed by atoms with E-state index in [2.05, 4.69) is 61.7 Å². The van der Waals surface area contributed by atoms with Crippen LogP contribution in [0.2, 0.25) is 0 Å². The van der Waals surface area contributed by atoms with Gasteiger partial charge in [-0.25, -0.2) is 0 Å². The van der Waals surface area contributed by atoms with E-state index >= 15 is 0 Å². The van der Waals surface area contributed by atoms with E-state index < -0.39 is 0 Å². The molecule has 4 aromatic rings. The second-order valence-electron chi connectivity index (χ2n) is 11.9. The van der Waals surface area contributed by atoms with Crippen molar-refractivity contribution in [2.75, 3.05) is 17.7 Å².